The van der Waals surface area contributed by atoms with Gasteiger partial charge < -0.3 is 15.2 Å². The van der Waals surface area contributed by atoms with Crippen LogP contribution in [-0.4, -0.2) is 19.8 Å². The van der Waals surface area contributed by atoms with Crippen molar-refractivity contribution in [1.29, 1.82) is 0 Å². The molecule has 3 nitrogen and oxygen atoms in total. The highest BCUT2D eigenvalue weighted by molar-refractivity contribution is 5.47. The Kier molecular flexibility index (Phi) is 4.48. The summed E-state index contributed by atoms with van der Waals surface area (Å²) < 4.78 is 11.3. The molecule has 1 heterocycles. The van der Waals surface area contributed by atoms with Crippen LogP contribution in [0.3, 0.4) is 0 Å². The van der Waals surface area contributed by atoms with Crippen molar-refractivity contribution in [2.75, 3.05) is 13.7 Å². The van der Waals surface area contributed by atoms with E-state index in [1.807, 2.05) is 0 Å². The zero-order valence-electron chi connectivity index (χ0n) is 12.4. The fourth-order valence-corrected chi connectivity index (χ4v) is 3.07. The van der Waals surface area contributed by atoms with Crippen molar-refractivity contribution in [1.82, 2.24) is 0 Å². The lowest BCUT2D eigenvalue weighted by molar-refractivity contribution is 0.0811. The Balaban J connectivity index is 2.33. The van der Waals surface area contributed by atoms with Crippen LogP contribution in [0.25, 0.3) is 0 Å². The number of hydrogen-bond donors (Lipinski definition) is 1. The number of ether oxygens (including phenoxy) is 2. The van der Waals surface area contributed by atoms with Crippen molar-refractivity contribution < 1.29 is 9.47 Å². The van der Waals surface area contributed by atoms with Gasteiger partial charge in [-0.25, -0.2) is 0 Å². The average Bonchev–Trinajstić information content (AvgIpc) is 2.89. The van der Waals surface area contributed by atoms with Gasteiger partial charge in [0.2, 0.25) is 0 Å². The zero-order chi connectivity index (χ0) is 14.0. The number of aryl methyl sites for hydroxylation is 1. The highest BCUT2D eigenvalue weighted by Gasteiger charge is 2.34. The van der Waals surface area contributed by atoms with E-state index in [1.165, 1.54) is 11.1 Å². The van der Waals surface area contributed by atoms with E-state index in [0.717, 1.165) is 30.8 Å². The zero-order valence-corrected chi connectivity index (χ0v) is 12.4. The second kappa shape index (κ2) is 5.93. The SMILES string of the molecule is CCC1OCCC1C(N)c1ccc(C)c(C)c1OC. The van der Waals surface area contributed by atoms with E-state index in [9.17, 15) is 0 Å². The number of rotatable bonds is 4. The Hall–Kier alpha value is -1.06. The first-order valence-corrected chi connectivity index (χ1v) is 7.11. The molecule has 0 aromatic heterocycles. The Morgan fingerprint density at radius 2 is 2.16 bits per heavy atom. The van der Waals surface area contributed by atoms with Crippen LogP contribution in [-0.2, 0) is 4.74 Å². The molecule has 3 heteroatoms. The predicted octanol–water partition coefficient (Wildman–Crippen LogP) is 3.13. The molecule has 0 spiro atoms. The lowest BCUT2D eigenvalue weighted by Gasteiger charge is -2.26. The first kappa shape index (κ1) is 14.4. The highest BCUT2D eigenvalue weighted by Crippen LogP contribution is 2.38. The highest BCUT2D eigenvalue weighted by atomic mass is 16.5. The smallest absolute Gasteiger partial charge is 0.126 e. The topological polar surface area (TPSA) is 44.5 Å². The van der Waals surface area contributed by atoms with Crippen LogP contribution >= 0.6 is 0 Å². The van der Waals surface area contributed by atoms with E-state index in [4.69, 9.17) is 15.2 Å². The summed E-state index contributed by atoms with van der Waals surface area (Å²) >= 11 is 0. The Labute approximate surface area is 116 Å². The van der Waals surface area contributed by atoms with Crippen molar-refractivity contribution in [2.45, 2.75) is 45.8 Å². The van der Waals surface area contributed by atoms with Crippen molar-refractivity contribution in [3.8, 4) is 5.75 Å². The molecular formula is C16H25NO2. The van der Waals surface area contributed by atoms with Crippen LogP contribution in [0.4, 0.5) is 0 Å². The van der Waals surface area contributed by atoms with Gasteiger partial charge in [-0.05, 0) is 37.8 Å². The van der Waals surface area contributed by atoms with E-state index in [1.54, 1.807) is 7.11 Å². The molecule has 1 aromatic rings. The molecule has 106 valence electrons. The average molecular weight is 263 g/mol. The second-order valence-electron chi connectivity index (χ2n) is 5.43. The maximum Gasteiger partial charge on any atom is 0.126 e. The largest absolute Gasteiger partial charge is 0.496 e. The van der Waals surface area contributed by atoms with Gasteiger partial charge in [-0.15, -0.1) is 0 Å². The third-order valence-electron chi connectivity index (χ3n) is 4.39. The maximum absolute atomic E-state index is 6.50. The van der Waals surface area contributed by atoms with Crippen LogP contribution in [0.2, 0.25) is 0 Å². The molecule has 0 saturated carbocycles. The second-order valence-corrected chi connectivity index (χ2v) is 5.43. The normalized spacial score (nSPS) is 24.5. The first-order chi connectivity index (χ1) is 9.10. The van der Waals surface area contributed by atoms with Gasteiger partial charge in [0, 0.05) is 24.1 Å². The van der Waals surface area contributed by atoms with E-state index in [0.29, 0.717) is 5.92 Å². The molecule has 0 bridgehead atoms. The van der Waals surface area contributed by atoms with Crippen molar-refractivity contribution in [3.63, 3.8) is 0 Å². The molecule has 2 rings (SSSR count). The summed E-state index contributed by atoms with van der Waals surface area (Å²) in [5.41, 5.74) is 10.0. The molecule has 0 amide bonds. The first-order valence-electron chi connectivity index (χ1n) is 7.11. The summed E-state index contributed by atoms with van der Waals surface area (Å²) in [6, 6.07) is 4.22. The minimum atomic E-state index is -0.0123. The van der Waals surface area contributed by atoms with Gasteiger partial charge in [0.05, 0.1) is 13.2 Å². The van der Waals surface area contributed by atoms with E-state index < -0.39 is 0 Å². The maximum atomic E-state index is 6.50. The number of nitrogens with two attached hydrogens (primary N) is 1. The third kappa shape index (κ3) is 2.63. The molecule has 19 heavy (non-hydrogen) atoms. The summed E-state index contributed by atoms with van der Waals surface area (Å²) in [6.45, 7) is 7.17. The fourth-order valence-electron chi connectivity index (χ4n) is 3.07. The van der Waals surface area contributed by atoms with Gasteiger partial charge in [-0.2, -0.15) is 0 Å². The van der Waals surface area contributed by atoms with Gasteiger partial charge in [0.25, 0.3) is 0 Å². The number of hydrogen-bond acceptors (Lipinski definition) is 3. The van der Waals surface area contributed by atoms with Crippen LogP contribution in [0.1, 0.15) is 42.5 Å². The van der Waals surface area contributed by atoms with Gasteiger partial charge in [-0.3, -0.25) is 0 Å². The van der Waals surface area contributed by atoms with Gasteiger partial charge in [0.15, 0.2) is 0 Å². The molecule has 2 N–H and O–H groups in total. The third-order valence-corrected chi connectivity index (χ3v) is 4.39. The molecular weight excluding hydrogens is 238 g/mol. The minimum absolute atomic E-state index is 0.0123. The standard InChI is InChI=1S/C16H25NO2/c1-5-14-12(8-9-19-14)15(17)13-7-6-10(2)11(3)16(13)18-4/h6-7,12,14-15H,5,8-9,17H2,1-4H3. The Bertz CT molecular complexity index is 445. The van der Waals surface area contributed by atoms with Crippen molar-refractivity contribution >= 4 is 0 Å². The monoisotopic (exact) mass is 263 g/mol. The minimum Gasteiger partial charge on any atom is -0.496 e. The molecule has 1 aliphatic rings. The van der Waals surface area contributed by atoms with Crippen LogP contribution in [0, 0.1) is 19.8 Å². The summed E-state index contributed by atoms with van der Waals surface area (Å²) in [7, 11) is 1.72. The van der Waals surface area contributed by atoms with E-state index in [2.05, 4.69) is 32.9 Å². The molecule has 0 aliphatic carbocycles. The number of methoxy groups -OCH3 is 1. The summed E-state index contributed by atoms with van der Waals surface area (Å²) in [5, 5.41) is 0. The molecule has 1 aromatic carbocycles. The lowest BCUT2D eigenvalue weighted by Crippen LogP contribution is -2.28. The number of benzene rings is 1. The van der Waals surface area contributed by atoms with E-state index >= 15 is 0 Å². The molecule has 3 atom stereocenters. The van der Waals surface area contributed by atoms with E-state index in [-0.39, 0.29) is 12.1 Å². The summed E-state index contributed by atoms with van der Waals surface area (Å²) in [5.74, 6) is 1.33. The Morgan fingerprint density at radius 3 is 2.79 bits per heavy atom. The molecule has 3 unspecified atom stereocenters. The van der Waals surface area contributed by atoms with Crippen LogP contribution in [0.5, 0.6) is 5.75 Å². The van der Waals surface area contributed by atoms with Gasteiger partial charge in [0.1, 0.15) is 5.75 Å². The van der Waals surface area contributed by atoms with Crippen LogP contribution < -0.4 is 10.5 Å². The van der Waals surface area contributed by atoms with Crippen molar-refractivity contribution in [3.05, 3.63) is 28.8 Å². The fraction of sp³-hybridized carbons (Fsp3) is 0.625. The summed E-state index contributed by atoms with van der Waals surface area (Å²) in [6.07, 6.45) is 2.34. The quantitative estimate of drug-likeness (QED) is 0.907. The van der Waals surface area contributed by atoms with Crippen molar-refractivity contribution in [2.24, 2.45) is 11.7 Å². The molecule has 1 saturated heterocycles. The lowest BCUT2D eigenvalue weighted by atomic mass is 9.86. The summed E-state index contributed by atoms with van der Waals surface area (Å²) in [4.78, 5) is 0. The molecule has 0 radical (unpaired) electrons. The predicted molar refractivity (Wildman–Crippen MR) is 77.5 cm³/mol. The Morgan fingerprint density at radius 1 is 1.42 bits per heavy atom. The van der Waals surface area contributed by atoms with Crippen LogP contribution in [0.15, 0.2) is 12.1 Å². The van der Waals surface area contributed by atoms with Gasteiger partial charge in [-0.1, -0.05) is 19.1 Å². The molecule has 1 aliphatic heterocycles. The van der Waals surface area contributed by atoms with Gasteiger partial charge >= 0.3 is 0 Å². The molecule has 1 fully saturated rings.